The number of para-hydroxylation sites is 2. The van der Waals surface area contributed by atoms with Gasteiger partial charge in [0.1, 0.15) is 12.4 Å². The molecule has 1 unspecified atom stereocenters. The Morgan fingerprint density at radius 3 is 2.71 bits per heavy atom. The summed E-state index contributed by atoms with van der Waals surface area (Å²) in [4.78, 5) is 2.11. The Balaban J connectivity index is 1.93. The minimum atomic E-state index is -4.62. The molecule has 1 aromatic rings. The second kappa shape index (κ2) is 7.00. The first kappa shape index (κ1) is 15.9. The first-order chi connectivity index (χ1) is 9.96. The molecule has 1 fully saturated rings. The van der Waals surface area contributed by atoms with Gasteiger partial charge in [0.05, 0.1) is 12.3 Å². The fourth-order valence-corrected chi connectivity index (χ4v) is 2.38. The maximum Gasteiger partial charge on any atom is 0.522 e. The number of nitrogens with two attached hydrogens (primary N) is 1. The van der Waals surface area contributed by atoms with Crippen LogP contribution in [0, 0.1) is 0 Å². The Morgan fingerprint density at radius 2 is 2.00 bits per heavy atom. The van der Waals surface area contributed by atoms with Crippen LogP contribution in [-0.4, -0.2) is 38.7 Å². The molecule has 21 heavy (non-hydrogen) atoms. The molecule has 0 aliphatic carbocycles. The van der Waals surface area contributed by atoms with Gasteiger partial charge in [0.15, 0.2) is 0 Å². The van der Waals surface area contributed by atoms with Crippen LogP contribution in [0.3, 0.4) is 0 Å². The van der Waals surface area contributed by atoms with E-state index in [0.717, 1.165) is 31.6 Å². The summed E-state index contributed by atoms with van der Waals surface area (Å²) in [5.41, 5.74) is 6.82. The fraction of sp³-hybridized carbons (Fsp3) is 0.571. The van der Waals surface area contributed by atoms with E-state index in [1.54, 1.807) is 12.1 Å². The van der Waals surface area contributed by atoms with Crippen LogP contribution >= 0.6 is 0 Å². The van der Waals surface area contributed by atoms with Gasteiger partial charge in [-0.25, -0.2) is 0 Å². The second-order valence-electron chi connectivity index (χ2n) is 4.96. The van der Waals surface area contributed by atoms with Crippen LogP contribution in [0.25, 0.3) is 0 Å². The monoisotopic (exact) mass is 304 g/mol. The third-order valence-corrected chi connectivity index (χ3v) is 3.27. The minimum absolute atomic E-state index is 0.111. The van der Waals surface area contributed by atoms with Gasteiger partial charge in [0.2, 0.25) is 0 Å². The van der Waals surface area contributed by atoms with Crippen molar-refractivity contribution in [3.8, 4) is 5.75 Å². The van der Waals surface area contributed by atoms with Gasteiger partial charge in [0, 0.05) is 19.1 Å². The SMILES string of the molecule is NC1CCCN(c2ccccc2OCCOC(F)(F)F)C1. The largest absolute Gasteiger partial charge is 0.522 e. The van der Waals surface area contributed by atoms with E-state index in [9.17, 15) is 13.2 Å². The quantitative estimate of drug-likeness (QED) is 0.849. The van der Waals surface area contributed by atoms with Crippen molar-refractivity contribution in [3.63, 3.8) is 0 Å². The molecule has 0 aromatic heterocycles. The van der Waals surface area contributed by atoms with Crippen LogP contribution in [0.2, 0.25) is 0 Å². The average molecular weight is 304 g/mol. The third-order valence-electron chi connectivity index (χ3n) is 3.27. The van der Waals surface area contributed by atoms with Gasteiger partial charge in [-0.15, -0.1) is 13.2 Å². The zero-order valence-electron chi connectivity index (χ0n) is 11.6. The summed E-state index contributed by atoms with van der Waals surface area (Å²) >= 11 is 0. The van der Waals surface area contributed by atoms with Gasteiger partial charge in [-0.3, -0.25) is 4.74 Å². The maximum atomic E-state index is 11.9. The van der Waals surface area contributed by atoms with Crippen LogP contribution in [0.1, 0.15) is 12.8 Å². The molecule has 0 bridgehead atoms. The number of alkyl halides is 3. The summed E-state index contributed by atoms with van der Waals surface area (Å²) < 4.78 is 44.8. The number of rotatable bonds is 5. The number of benzene rings is 1. The molecule has 0 radical (unpaired) electrons. The van der Waals surface area contributed by atoms with Crippen molar-refractivity contribution >= 4 is 5.69 Å². The number of ether oxygens (including phenoxy) is 2. The van der Waals surface area contributed by atoms with E-state index in [1.807, 2.05) is 12.1 Å². The molecule has 118 valence electrons. The summed E-state index contributed by atoms with van der Waals surface area (Å²) in [6.45, 7) is 0.903. The van der Waals surface area contributed by atoms with Crippen molar-refractivity contribution in [2.45, 2.75) is 25.2 Å². The summed E-state index contributed by atoms with van der Waals surface area (Å²) in [6.07, 6.45) is -2.64. The first-order valence-electron chi connectivity index (χ1n) is 6.89. The van der Waals surface area contributed by atoms with E-state index in [2.05, 4.69) is 9.64 Å². The van der Waals surface area contributed by atoms with Gasteiger partial charge >= 0.3 is 6.36 Å². The van der Waals surface area contributed by atoms with Gasteiger partial charge in [-0.05, 0) is 25.0 Å². The van der Waals surface area contributed by atoms with E-state index < -0.39 is 13.0 Å². The fourth-order valence-electron chi connectivity index (χ4n) is 2.38. The molecule has 1 aromatic carbocycles. The lowest BCUT2D eigenvalue weighted by molar-refractivity contribution is -0.325. The second-order valence-corrected chi connectivity index (χ2v) is 4.96. The lowest BCUT2D eigenvalue weighted by Crippen LogP contribution is -2.43. The highest BCUT2D eigenvalue weighted by atomic mass is 19.4. The Kier molecular flexibility index (Phi) is 5.30. The van der Waals surface area contributed by atoms with Gasteiger partial charge in [-0.2, -0.15) is 0 Å². The highest BCUT2D eigenvalue weighted by Gasteiger charge is 2.28. The number of hydrogen-bond acceptors (Lipinski definition) is 4. The summed E-state index contributed by atoms with van der Waals surface area (Å²) in [5, 5.41) is 0. The number of halogens is 3. The summed E-state index contributed by atoms with van der Waals surface area (Å²) in [7, 11) is 0. The molecule has 0 saturated carbocycles. The van der Waals surface area contributed by atoms with Crippen molar-refractivity contribution < 1.29 is 22.6 Å². The average Bonchev–Trinajstić information content (AvgIpc) is 2.43. The van der Waals surface area contributed by atoms with Gasteiger partial charge in [-0.1, -0.05) is 12.1 Å². The molecule has 1 aliphatic heterocycles. The van der Waals surface area contributed by atoms with Crippen molar-refractivity contribution in [1.29, 1.82) is 0 Å². The lowest BCUT2D eigenvalue weighted by Gasteiger charge is -2.33. The smallest absolute Gasteiger partial charge is 0.489 e. The molecule has 1 heterocycles. The standard InChI is InChI=1S/C14H19F3N2O2/c15-14(16,17)21-9-8-20-13-6-2-1-5-12(13)19-7-3-4-11(18)10-19/h1-2,5-6,11H,3-4,7-10,18H2. The van der Waals surface area contributed by atoms with Crippen molar-refractivity contribution in [2.24, 2.45) is 5.73 Å². The van der Waals surface area contributed by atoms with E-state index in [0.29, 0.717) is 5.75 Å². The maximum absolute atomic E-state index is 11.9. The highest BCUT2D eigenvalue weighted by Crippen LogP contribution is 2.30. The zero-order valence-corrected chi connectivity index (χ0v) is 11.6. The molecule has 2 rings (SSSR count). The number of anilines is 1. The van der Waals surface area contributed by atoms with Crippen LogP contribution in [0.5, 0.6) is 5.75 Å². The zero-order chi connectivity index (χ0) is 15.3. The van der Waals surface area contributed by atoms with Gasteiger partial charge < -0.3 is 15.4 Å². The molecule has 7 heteroatoms. The van der Waals surface area contributed by atoms with E-state index in [4.69, 9.17) is 10.5 Å². The summed E-state index contributed by atoms with van der Waals surface area (Å²) in [6, 6.07) is 7.39. The van der Waals surface area contributed by atoms with E-state index in [-0.39, 0.29) is 12.6 Å². The van der Waals surface area contributed by atoms with Crippen LogP contribution < -0.4 is 15.4 Å². The Morgan fingerprint density at radius 1 is 1.24 bits per heavy atom. The van der Waals surface area contributed by atoms with E-state index >= 15 is 0 Å². The minimum Gasteiger partial charge on any atom is -0.489 e. The highest BCUT2D eigenvalue weighted by molar-refractivity contribution is 5.58. The molecule has 2 N–H and O–H groups in total. The topological polar surface area (TPSA) is 47.7 Å². The first-order valence-corrected chi connectivity index (χ1v) is 6.89. The van der Waals surface area contributed by atoms with Crippen LogP contribution in [0.4, 0.5) is 18.9 Å². The molecule has 1 atom stereocenters. The normalized spacial score (nSPS) is 19.6. The molecule has 1 saturated heterocycles. The molecule has 0 amide bonds. The summed E-state index contributed by atoms with van der Waals surface area (Å²) in [5.74, 6) is 0.553. The Bertz CT molecular complexity index is 454. The van der Waals surface area contributed by atoms with Crippen LogP contribution in [-0.2, 0) is 4.74 Å². The van der Waals surface area contributed by atoms with Crippen LogP contribution in [0.15, 0.2) is 24.3 Å². The predicted octanol–water partition coefficient (Wildman–Crippen LogP) is 2.53. The van der Waals surface area contributed by atoms with E-state index in [1.165, 1.54) is 0 Å². The molecular formula is C14H19F3N2O2. The molecule has 4 nitrogen and oxygen atoms in total. The van der Waals surface area contributed by atoms with Gasteiger partial charge in [0.25, 0.3) is 0 Å². The lowest BCUT2D eigenvalue weighted by atomic mass is 10.1. The van der Waals surface area contributed by atoms with Crippen molar-refractivity contribution in [1.82, 2.24) is 0 Å². The molecular weight excluding hydrogens is 285 g/mol. The number of piperidine rings is 1. The molecule has 0 spiro atoms. The molecule has 1 aliphatic rings. The Labute approximate surface area is 121 Å². The Hall–Kier alpha value is -1.47. The predicted molar refractivity (Wildman–Crippen MR) is 73.4 cm³/mol. The number of hydrogen-bond donors (Lipinski definition) is 1. The number of nitrogens with zero attached hydrogens (tertiary/aromatic N) is 1. The third kappa shape index (κ3) is 5.09. The van der Waals surface area contributed by atoms with Crippen molar-refractivity contribution in [3.05, 3.63) is 24.3 Å². The van der Waals surface area contributed by atoms with Crippen molar-refractivity contribution in [2.75, 3.05) is 31.2 Å².